The SMILES string of the molecule is C=CC[C@H](C(=O)OC(C)(C)C)[C@H](C)O. The first-order valence-electron chi connectivity index (χ1n) is 4.79. The summed E-state index contributed by atoms with van der Waals surface area (Å²) in [5.41, 5.74) is -0.509. The van der Waals surface area contributed by atoms with Gasteiger partial charge < -0.3 is 9.84 Å². The lowest BCUT2D eigenvalue weighted by atomic mass is 9.99. The highest BCUT2D eigenvalue weighted by atomic mass is 16.6. The number of rotatable bonds is 4. The minimum atomic E-state index is -0.706. The number of hydrogen-bond acceptors (Lipinski definition) is 3. The topological polar surface area (TPSA) is 46.5 Å². The van der Waals surface area contributed by atoms with Gasteiger partial charge in [0.1, 0.15) is 5.60 Å². The van der Waals surface area contributed by atoms with E-state index in [-0.39, 0.29) is 5.97 Å². The highest BCUT2D eigenvalue weighted by molar-refractivity contribution is 5.73. The molecule has 0 aliphatic rings. The molecule has 14 heavy (non-hydrogen) atoms. The van der Waals surface area contributed by atoms with Crippen molar-refractivity contribution in [2.45, 2.75) is 45.8 Å². The first kappa shape index (κ1) is 13.2. The Morgan fingerprint density at radius 1 is 1.57 bits per heavy atom. The van der Waals surface area contributed by atoms with Gasteiger partial charge in [0.2, 0.25) is 0 Å². The van der Waals surface area contributed by atoms with E-state index >= 15 is 0 Å². The second kappa shape index (κ2) is 5.15. The van der Waals surface area contributed by atoms with Gasteiger partial charge in [-0.3, -0.25) is 4.79 Å². The smallest absolute Gasteiger partial charge is 0.312 e. The molecule has 0 saturated carbocycles. The van der Waals surface area contributed by atoms with Crippen molar-refractivity contribution in [2.75, 3.05) is 0 Å². The van der Waals surface area contributed by atoms with E-state index in [2.05, 4.69) is 6.58 Å². The van der Waals surface area contributed by atoms with Crippen molar-refractivity contribution in [1.82, 2.24) is 0 Å². The summed E-state index contributed by atoms with van der Waals surface area (Å²) >= 11 is 0. The molecule has 82 valence electrons. The quantitative estimate of drug-likeness (QED) is 0.557. The Morgan fingerprint density at radius 3 is 2.36 bits per heavy atom. The van der Waals surface area contributed by atoms with Crippen LogP contribution < -0.4 is 0 Å². The standard InChI is InChI=1S/C11H20O3/c1-6-7-9(8(2)12)10(13)14-11(3,4)5/h6,8-9,12H,1,7H2,2-5H3/t8-,9-/m0/s1. The fourth-order valence-electron chi connectivity index (χ4n) is 1.05. The molecule has 2 atom stereocenters. The normalized spacial score (nSPS) is 15.8. The van der Waals surface area contributed by atoms with Crippen LogP contribution in [0.2, 0.25) is 0 Å². The fourth-order valence-corrected chi connectivity index (χ4v) is 1.05. The van der Waals surface area contributed by atoms with Gasteiger partial charge >= 0.3 is 5.97 Å². The lowest BCUT2D eigenvalue weighted by Gasteiger charge is -2.24. The van der Waals surface area contributed by atoms with Crippen LogP contribution in [0, 0.1) is 5.92 Å². The van der Waals surface area contributed by atoms with Crippen molar-refractivity contribution >= 4 is 5.97 Å². The number of carbonyl (C=O) groups is 1. The molecule has 0 aliphatic carbocycles. The monoisotopic (exact) mass is 200 g/mol. The van der Waals surface area contributed by atoms with Crippen molar-refractivity contribution < 1.29 is 14.6 Å². The highest BCUT2D eigenvalue weighted by Crippen LogP contribution is 2.16. The van der Waals surface area contributed by atoms with Gasteiger partial charge in [0.25, 0.3) is 0 Å². The Kier molecular flexibility index (Phi) is 4.85. The maximum absolute atomic E-state index is 11.6. The Morgan fingerprint density at radius 2 is 2.07 bits per heavy atom. The van der Waals surface area contributed by atoms with E-state index in [0.29, 0.717) is 6.42 Å². The predicted molar refractivity (Wildman–Crippen MR) is 55.8 cm³/mol. The molecule has 3 heteroatoms. The molecule has 0 saturated heterocycles. The van der Waals surface area contributed by atoms with Gasteiger partial charge in [0.05, 0.1) is 12.0 Å². The summed E-state index contributed by atoms with van der Waals surface area (Å²) in [7, 11) is 0. The van der Waals surface area contributed by atoms with Crippen molar-refractivity contribution in [3.8, 4) is 0 Å². The van der Waals surface area contributed by atoms with Crippen LogP contribution in [-0.4, -0.2) is 22.8 Å². The Bertz CT molecular complexity index is 201. The molecule has 3 nitrogen and oxygen atoms in total. The zero-order chi connectivity index (χ0) is 11.4. The summed E-state index contributed by atoms with van der Waals surface area (Å²) in [4.78, 5) is 11.6. The summed E-state index contributed by atoms with van der Waals surface area (Å²) in [6.45, 7) is 10.5. The third-order valence-corrected chi connectivity index (χ3v) is 1.71. The molecule has 0 aromatic rings. The maximum atomic E-state index is 11.6. The number of allylic oxidation sites excluding steroid dienone is 1. The first-order chi connectivity index (χ1) is 6.28. The molecule has 0 rings (SSSR count). The molecule has 0 radical (unpaired) electrons. The minimum Gasteiger partial charge on any atom is -0.460 e. The van der Waals surface area contributed by atoms with Gasteiger partial charge in [-0.05, 0) is 34.1 Å². The Balaban J connectivity index is 4.37. The van der Waals surface area contributed by atoms with Gasteiger partial charge in [-0.2, -0.15) is 0 Å². The van der Waals surface area contributed by atoms with Crippen molar-refractivity contribution in [3.63, 3.8) is 0 Å². The van der Waals surface area contributed by atoms with Crippen LogP contribution in [0.15, 0.2) is 12.7 Å². The molecule has 0 aromatic carbocycles. The summed E-state index contributed by atoms with van der Waals surface area (Å²) < 4.78 is 5.17. The zero-order valence-corrected chi connectivity index (χ0v) is 9.41. The zero-order valence-electron chi connectivity index (χ0n) is 9.41. The molecule has 0 aromatic heterocycles. The van der Waals surface area contributed by atoms with E-state index < -0.39 is 17.6 Å². The molecular weight excluding hydrogens is 180 g/mol. The molecule has 0 amide bonds. The molecule has 0 unspecified atom stereocenters. The average molecular weight is 200 g/mol. The van der Waals surface area contributed by atoms with Crippen LogP contribution in [0.3, 0.4) is 0 Å². The van der Waals surface area contributed by atoms with Gasteiger partial charge in [0.15, 0.2) is 0 Å². The summed E-state index contributed by atoms with van der Waals surface area (Å²) in [6.07, 6.45) is 1.34. The van der Waals surface area contributed by atoms with Gasteiger partial charge in [-0.1, -0.05) is 6.08 Å². The van der Waals surface area contributed by atoms with Crippen molar-refractivity contribution in [3.05, 3.63) is 12.7 Å². The van der Waals surface area contributed by atoms with E-state index in [1.54, 1.807) is 33.8 Å². The number of aliphatic hydroxyl groups is 1. The average Bonchev–Trinajstić information content (AvgIpc) is 1.95. The van der Waals surface area contributed by atoms with E-state index in [1.807, 2.05) is 0 Å². The summed E-state index contributed by atoms with van der Waals surface area (Å²) in [6, 6.07) is 0. The number of carbonyl (C=O) groups excluding carboxylic acids is 1. The molecular formula is C11H20O3. The van der Waals surface area contributed by atoms with Crippen LogP contribution in [0.4, 0.5) is 0 Å². The summed E-state index contributed by atoms with van der Waals surface area (Å²) in [5.74, 6) is -0.876. The van der Waals surface area contributed by atoms with E-state index in [0.717, 1.165) is 0 Å². The fraction of sp³-hybridized carbons (Fsp3) is 0.727. The van der Waals surface area contributed by atoms with E-state index in [4.69, 9.17) is 4.74 Å². The minimum absolute atomic E-state index is 0.368. The predicted octanol–water partition coefficient (Wildman–Crippen LogP) is 1.90. The second-order valence-corrected chi connectivity index (χ2v) is 4.40. The van der Waals surface area contributed by atoms with Gasteiger partial charge in [-0.25, -0.2) is 0 Å². The van der Waals surface area contributed by atoms with Crippen LogP contribution in [-0.2, 0) is 9.53 Å². The molecule has 0 aliphatic heterocycles. The molecule has 1 N–H and O–H groups in total. The van der Waals surface area contributed by atoms with Crippen LogP contribution >= 0.6 is 0 Å². The van der Waals surface area contributed by atoms with E-state index in [9.17, 15) is 9.90 Å². The molecule has 0 heterocycles. The molecule has 0 bridgehead atoms. The van der Waals surface area contributed by atoms with Crippen LogP contribution in [0.1, 0.15) is 34.1 Å². The highest BCUT2D eigenvalue weighted by Gasteiger charge is 2.27. The lowest BCUT2D eigenvalue weighted by Crippen LogP contribution is -2.33. The number of hydrogen-bond donors (Lipinski definition) is 1. The molecule has 0 fully saturated rings. The molecule has 0 spiro atoms. The third kappa shape index (κ3) is 5.02. The third-order valence-electron chi connectivity index (χ3n) is 1.71. The van der Waals surface area contributed by atoms with Crippen molar-refractivity contribution in [2.24, 2.45) is 5.92 Å². The van der Waals surface area contributed by atoms with Crippen LogP contribution in [0.5, 0.6) is 0 Å². The summed E-state index contributed by atoms with van der Waals surface area (Å²) in [5, 5.41) is 9.36. The van der Waals surface area contributed by atoms with Crippen molar-refractivity contribution in [1.29, 1.82) is 0 Å². The number of ether oxygens (including phenoxy) is 1. The first-order valence-corrected chi connectivity index (χ1v) is 4.79. The van der Waals surface area contributed by atoms with Gasteiger partial charge in [-0.15, -0.1) is 6.58 Å². The number of esters is 1. The lowest BCUT2D eigenvalue weighted by molar-refractivity contribution is -0.163. The maximum Gasteiger partial charge on any atom is 0.312 e. The number of aliphatic hydroxyl groups excluding tert-OH is 1. The Labute approximate surface area is 85.8 Å². The Hall–Kier alpha value is -0.830. The van der Waals surface area contributed by atoms with Gasteiger partial charge in [0, 0.05) is 0 Å². The second-order valence-electron chi connectivity index (χ2n) is 4.40. The largest absolute Gasteiger partial charge is 0.460 e. The van der Waals surface area contributed by atoms with E-state index in [1.165, 1.54) is 0 Å². The van der Waals surface area contributed by atoms with Crippen LogP contribution in [0.25, 0.3) is 0 Å².